The fourth-order valence-electron chi connectivity index (χ4n) is 3.23. The van der Waals surface area contributed by atoms with Gasteiger partial charge in [-0.1, -0.05) is 18.6 Å². The standard InChI is InChI=1S/C18H26N6O/c1-3-4-7-16-13-24(22-21-16)12-15-6-5-8-23(11-15)18(25)17-10-19-14(2)9-20-17/h9-10,13,15H,3-8,11-12H2,1-2H3. The number of likely N-dealkylation sites (tertiary alicyclic amines) is 1. The Morgan fingerprint density at radius 3 is 2.96 bits per heavy atom. The summed E-state index contributed by atoms with van der Waals surface area (Å²) in [4.78, 5) is 22.9. The van der Waals surface area contributed by atoms with Crippen LogP contribution in [0.4, 0.5) is 0 Å². The van der Waals surface area contributed by atoms with E-state index >= 15 is 0 Å². The number of carbonyl (C=O) groups is 1. The number of hydrogen-bond donors (Lipinski definition) is 0. The fraction of sp³-hybridized carbons (Fsp3) is 0.611. The van der Waals surface area contributed by atoms with Gasteiger partial charge in [0.25, 0.3) is 5.91 Å². The zero-order chi connectivity index (χ0) is 17.6. The van der Waals surface area contributed by atoms with Gasteiger partial charge in [-0.05, 0) is 38.5 Å². The van der Waals surface area contributed by atoms with Gasteiger partial charge in [0, 0.05) is 32.0 Å². The summed E-state index contributed by atoms with van der Waals surface area (Å²) < 4.78 is 1.93. The van der Waals surface area contributed by atoms with Crippen LogP contribution in [0.15, 0.2) is 18.6 Å². The van der Waals surface area contributed by atoms with Crippen molar-refractivity contribution in [2.45, 2.75) is 52.5 Å². The van der Waals surface area contributed by atoms with E-state index < -0.39 is 0 Å². The normalized spacial score (nSPS) is 17.7. The van der Waals surface area contributed by atoms with Crippen LogP contribution in [0, 0.1) is 12.8 Å². The lowest BCUT2D eigenvalue weighted by Crippen LogP contribution is -2.41. The van der Waals surface area contributed by atoms with E-state index in [9.17, 15) is 4.79 Å². The first-order valence-corrected chi connectivity index (χ1v) is 9.12. The Kier molecular flexibility index (Phi) is 5.73. The first-order chi connectivity index (χ1) is 12.2. The van der Waals surface area contributed by atoms with E-state index in [1.165, 1.54) is 0 Å². The quantitative estimate of drug-likeness (QED) is 0.805. The molecule has 3 rings (SSSR count). The smallest absolute Gasteiger partial charge is 0.274 e. The Bertz CT molecular complexity index is 696. The molecule has 1 amide bonds. The molecule has 0 aliphatic carbocycles. The number of amides is 1. The van der Waals surface area contributed by atoms with Gasteiger partial charge in [0.05, 0.1) is 17.6 Å². The first kappa shape index (κ1) is 17.5. The third-order valence-corrected chi connectivity index (χ3v) is 4.62. The molecule has 1 aliphatic rings. The number of rotatable bonds is 6. The van der Waals surface area contributed by atoms with Crippen LogP contribution in [-0.4, -0.2) is 48.9 Å². The molecule has 0 spiro atoms. The van der Waals surface area contributed by atoms with Crippen LogP contribution < -0.4 is 0 Å². The predicted molar refractivity (Wildman–Crippen MR) is 94.0 cm³/mol. The van der Waals surface area contributed by atoms with Crippen molar-refractivity contribution in [3.05, 3.63) is 35.7 Å². The highest BCUT2D eigenvalue weighted by Gasteiger charge is 2.26. The summed E-state index contributed by atoms with van der Waals surface area (Å²) in [6.07, 6.45) is 10.7. The maximum absolute atomic E-state index is 12.6. The molecule has 1 atom stereocenters. The molecule has 134 valence electrons. The second kappa shape index (κ2) is 8.18. The summed E-state index contributed by atoms with van der Waals surface area (Å²) in [5.41, 5.74) is 2.30. The summed E-state index contributed by atoms with van der Waals surface area (Å²) in [6.45, 7) is 6.37. The summed E-state index contributed by atoms with van der Waals surface area (Å²) >= 11 is 0. The maximum atomic E-state index is 12.6. The number of aromatic nitrogens is 5. The molecule has 0 saturated carbocycles. The van der Waals surface area contributed by atoms with Gasteiger partial charge in [0.1, 0.15) is 5.69 Å². The van der Waals surface area contributed by atoms with Gasteiger partial charge in [-0.2, -0.15) is 0 Å². The topological polar surface area (TPSA) is 76.8 Å². The highest BCUT2D eigenvalue weighted by Crippen LogP contribution is 2.19. The monoisotopic (exact) mass is 342 g/mol. The summed E-state index contributed by atoms with van der Waals surface area (Å²) in [6, 6.07) is 0. The van der Waals surface area contributed by atoms with E-state index in [-0.39, 0.29) is 5.91 Å². The number of nitrogens with zero attached hydrogens (tertiary/aromatic N) is 6. The molecular weight excluding hydrogens is 316 g/mol. The number of carbonyl (C=O) groups excluding carboxylic acids is 1. The molecule has 7 nitrogen and oxygen atoms in total. The van der Waals surface area contributed by atoms with Crippen molar-refractivity contribution in [1.29, 1.82) is 0 Å². The van der Waals surface area contributed by atoms with Crippen molar-refractivity contribution in [3.8, 4) is 0 Å². The molecule has 3 heterocycles. The van der Waals surface area contributed by atoms with Gasteiger partial charge in [-0.3, -0.25) is 14.5 Å². The van der Waals surface area contributed by atoms with Crippen LogP contribution in [0.25, 0.3) is 0 Å². The van der Waals surface area contributed by atoms with E-state index in [0.29, 0.717) is 11.6 Å². The van der Waals surface area contributed by atoms with Crippen LogP contribution >= 0.6 is 0 Å². The molecule has 1 fully saturated rings. The molecule has 2 aromatic rings. The molecule has 7 heteroatoms. The largest absolute Gasteiger partial charge is 0.337 e. The summed E-state index contributed by atoms with van der Waals surface area (Å²) in [5.74, 6) is 0.372. The minimum atomic E-state index is -0.0283. The number of aryl methyl sites for hydroxylation is 2. The van der Waals surface area contributed by atoms with Crippen molar-refractivity contribution in [1.82, 2.24) is 29.9 Å². The molecular formula is C18H26N6O. The van der Waals surface area contributed by atoms with Crippen LogP contribution in [0.1, 0.15) is 54.5 Å². The third-order valence-electron chi connectivity index (χ3n) is 4.62. The Labute approximate surface area is 148 Å². The molecule has 0 aromatic carbocycles. The highest BCUT2D eigenvalue weighted by molar-refractivity contribution is 5.92. The van der Waals surface area contributed by atoms with Crippen molar-refractivity contribution >= 4 is 5.91 Å². The van der Waals surface area contributed by atoms with E-state index in [0.717, 1.165) is 63.1 Å². The average Bonchev–Trinajstić information content (AvgIpc) is 3.07. The SMILES string of the molecule is CCCCc1cn(CC2CCCN(C(=O)c3cnc(C)cn3)C2)nn1. The van der Waals surface area contributed by atoms with Crippen molar-refractivity contribution in [3.63, 3.8) is 0 Å². The molecule has 25 heavy (non-hydrogen) atoms. The molecule has 1 saturated heterocycles. The van der Waals surface area contributed by atoms with Crippen LogP contribution in [0.5, 0.6) is 0 Å². The van der Waals surface area contributed by atoms with E-state index in [1.54, 1.807) is 12.4 Å². The Morgan fingerprint density at radius 2 is 2.20 bits per heavy atom. The van der Waals surface area contributed by atoms with E-state index in [4.69, 9.17) is 0 Å². The van der Waals surface area contributed by atoms with Gasteiger partial charge in [-0.25, -0.2) is 4.98 Å². The zero-order valence-corrected chi connectivity index (χ0v) is 15.1. The minimum Gasteiger partial charge on any atom is -0.337 e. The summed E-state index contributed by atoms with van der Waals surface area (Å²) in [7, 11) is 0. The first-order valence-electron chi connectivity index (χ1n) is 9.12. The molecule has 1 aliphatic heterocycles. The highest BCUT2D eigenvalue weighted by atomic mass is 16.2. The van der Waals surface area contributed by atoms with Gasteiger partial charge >= 0.3 is 0 Å². The van der Waals surface area contributed by atoms with Crippen LogP contribution in [0.3, 0.4) is 0 Å². The van der Waals surface area contributed by atoms with Gasteiger partial charge in [0.2, 0.25) is 0 Å². The molecule has 0 bridgehead atoms. The number of unbranched alkanes of at least 4 members (excludes halogenated alkanes) is 1. The molecule has 0 N–H and O–H groups in total. The Hall–Kier alpha value is -2.31. The average molecular weight is 342 g/mol. The lowest BCUT2D eigenvalue weighted by molar-refractivity contribution is 0.0653. The van der Waals surface area contributed by atoms with Gasteiger partial charge in [0.15, 0.2) is 0 Å². The molecule has 2 aromatic heterocycles. The lowest BCUT2D eigenvalue weighted by atomic mass is 9.98. The van der Waals surface area contributed by atoms with E-state index in [1.807, 2.05) is 22.7 Å². The second-order valence-electron chi connectivity index (χ2n) is 6.84. The van der Waals surface area contributed by atoms with Crippen LogP contribution in [-0.2, 0) is 13.0 Å². The lowest BCUT2D eigenvalue weighted by Gasteiger charge is -2.32. The second-order valence-corrected chi connectivity index (χ2v) is 6.84. The van der Waals surface area contributed by atoms with Gasteiger partial charge < -0.3 is 4.90 Å². The minimum absolute atomic E-state index is 0.0283. The third kappa shape index (κ3) is 4.61. The summed E-state index contributed by atoms with van der Waals surface area (Å²) in [5, 5.41) is 8.49. The Balaban J connectivity index is 1.58. The number of hydrogen-bond acceptors (Lipinski definition) is 5. The number of piperidine rings is 1. The van der Waals surface area contributed by atoms with Crippen molar-refractivity contribution in [2.75, 3.05) is 13.1 Å². The fourth-order valence-corrected chi connectivity index (χ4v) is 3.23. The van der Waals surface area contributed by atoms with Crippen LogP contribution in [0.2, 0.25) is 0 Å². The molecule has 1 unspecified atom stereocenters. The Morgan fingerprint density at radius 1 is 1.32 bits per heavy atom. The van der Waals surface area contributed by atoms with Gasteiger partial charge in [-0.15, -0.1) is 5.10 Å². The van der Waals surface area contributed by atoms with Crippen molar-refractivity contribution in [2.24, 2.45) is 5.92 Å². The van der Waals surface area contributed by atoms with Crippen molar-refractivity contribution < 1.29 is 4.79 Å². The maximum Gasteiger partial charge on any atom is 0.274 e. The predicted octanol–water partition coefficient (Wildman–Crippen LogP) is 2.27. The zero-order valence-electron chi connectivity index (χ0n) is 15.1. The van der Waals surface area contributed by atoms with E-state index in [2.05, 4.69) is 27.2 Å². The molecule has 0 radical (unpaired) electrons.